The quantitative estimate of drug-likeness (QED) is 0.663. The molecule has 6 heteroatoms. The van der Waals surface area contributed by atoms with Gasteiger partial charge in [0.25, 0.3) is 0 Å². The summed E-state index contributed by atoms with van der Waals surface area (Å²) in [6.07, 6.45) is 3.94. The van der Waals surface area contributed by atoms with Crippen LogP contribution in [0.25, 0.3) is 17.1 Å². The Kier molecular flexibility index (Phi) is 4.84. The normalized spacial score (nSPS) is 11.5. The lowest BCUT2D eigenvalue weighted by Gasteiger charge is -2.06. The third-order valence-corrected chi connectivity index (χ3v) is 4.67. The van der Waals surface area contributed by atoms with E-state index in [2.05, 4.69) is 0 Å². The van der Waals surface area contributed by atoms with E-state index < -0.39 is 0 Å². The van der Waals surface area contributed by atoms with Gasteiger partial charge in [-0.2, -0.15) is 0 Å². The maximum absolute atomic E-state index is 12.7. The number of nitrogens with zero attached hydrogens (tertiary/aromatic N) is 2. The number of nitrogens with one attached hydrogen (secondary N) is 1. The van der Waals surface area contributed by atoms with Gasteiger partial charge in [-0.3, -0.25) is 10.2 Å². The molecule has 3 rings (SSSR count). The topological polar surface area (TPSA) is 50.8 Å². The van der Waals surface area contributed by atoms with Crippen LogP contribution in [-0.4, -0.2) is 14.9 Å². The number of aromatic nitrogens is 2. The molecule has 1 N–H and O–H groups in total. The van der Waals surface area contributed by atoms with Gasteiger partial charge in [-0.1, -0.05) is 47.5 Å². The second-order valence-electron chi connectivity index (χ2n) is 5.73. The van der Waals surface area contributed by atoms with E-state index in [-0.39, 0.29) is 17.9 Å². The fourth-order valence-electron chi connectivity index (χ4n) is 2.95. The van der Waals surface area contributed by atoms with Crippen LogP contribution >= 0.6 is 23.2 Å². The molecule has 0 spiro atoms. The zero-order chi connectivity index (χ0) is 18.1. The van der Waals surface area contributed by atoms with Gasteiger partial charge < -0.3 is 9.13 Å². The predicted octanol–water partition coefficient (Wildman–Crippen LogP) is 4.68. The molecule has 0 aliphatic heterocycles. The molecular weight excluding hydrogens is 357 g/mol. The van der Waals surface area contributed by atoms with Crippen molar-refractivity contribution in [2.24, 2.45) is 7.05 Å². The smallest absolute Gasteiger partial charge is 0.203 e. The molecular formula is C19H17Cl2N3O. The Morgan fingerprint density at radius 3 is 2.68 bits per heavy atom. The van der Waals surface area contributed by atoms with Crippen LogP contribution in [-0.2, 0) is 13.6 Å². The number of allylic oxidation sites excluding steroid dienone is 1. The Hall–Kier alpha value is -2.30. The molecule has 4 nitrogen and oxygen atoms in total. The number of Topliss-reactive ketones (excluding diaryl/α,β-unsaturated/α-hetero) is 1. The van der Waals surface area contributed by atoms with Crippen LogP contribution in [0.15, 0.2) is 42.5 Å². The van der Waals surface area contributed by atoms with E-state index in [1.54, 1.807) is 27.3 Å². The fourth-order valence-corrected chi connectivity index (χ4v) is 3.47. The molecule has 0 aliphatic rings. The summed E-state index contributed by atoms with van der Waals surface area (Å²) in [5, 5.41) is 9.19. The fraction of sp³-hybridized carbons (Fsp3) is 0.158. The lowest BCUT2D eigenvalue weighted by atomic mass is 10.1. The maximum Gasteiger partial charge on any atom is 0.203 e. The molecule has 1 aromatic heterocycles. The zero-order valence-electron chi connectivity index (χ0n) is 13.9. The summed E-state index contributed by atoms with van der Waals surface area (Å²) in [5.41, 5.74) is 3.42. The van der Waals surface area contributed by atoms with E-state index in [9.17, 15) is 4.79 Å². The molecule has 3 aromatic rings. The summed E-state index contributed by atoms with van der Waals surface area (Å²) in [7, 11) is 1.83. The van der Waals surface area contributed by atoms with Crippen molar-refractivity contribution in [1.82, 2.24) is 9.13 Å². The Balaban J connectivity index is 2.11. The van der Waals surface area contributed by atoms with Crippen molar-refractivity contribution in [2.45, 2.75) is 13.5 Å². The largest absolute Gasteiger partial charge is 0.313 e. The second-order valence-corrected chi connectivity index (χ2v) is 6.57. The van der Waals surface area contributed by atoms with Crippen molar-refractivity contribution in [2.75, 3.05) is 0 Å². The molecule has 0 aliphatic carbocycles. The number of fused-ring (bicyclic) bond motifs is 1. The first-order valence-corrected chi connectivity index (χ1v) is 8.53. The molecule has 25 heavy (non-hydrogen) atoms. The number of ketones is 1. The summed E-state index contributed by atoms with van der Waals surface area (Å²) in [6.45, 7) is 1.99. The Bertz CT molecular complexity index is 1060. The van der Waals surface area contributed by atoms with Gasteiger partial charge in [0, 0.05) is 23.2 Å². The highest BCUT2D eigenvalue weighted by atomic mass is 35.5. The van der Waals surface area contributed by atoms with Crippen LogP contribution in [0.4, 0.5) is 0 Å². The Morgan fingerprint density at radius 2 is 2.00 bits per heavy atom. The maximum atomic E-state index is 12.7. The Labute approximate surface area is 155 Å². The molecule has 0 saturated heterocycles. The SMILES string of the molecule is C/C=C/c1cccc2c1n(C)c(=N)n2CC(=O)c1ccc(Cl)cc1Cl. The van der Waals surface area contributed by atoms with Gasteiger partial charge in [0.05, 0.1) is 22.6 Å². The Morgan fingerprint density at radius 1 is 1.24 bits per heavy atom. The number of hydrogen-bond donors (Lipinski definition) is 1. The minimum Gasteiger partial charge on any atom is -0.313 e. The van der Waals surface area contributed by atoms with E-state index in [0.717, 1.165) is 16.6 Å². The lowest BCUT2D eigenvalue weighted by Crippen LogP contribution is -2.26. The minimum atomic E-state index is -0.163. The van der Waals surface area contributed by atoms with Crippen LogP contribution in [0.3, 0.4) is 0 Å². The van der Waals surface area contributed by atoms with Crippen LogP contribution in [0.5, 0.6) is 0 Å². The van der Waals surface area contributed by atoms with Crippen LogP contribution in [0, 0.1) is 5.41 Å². The zero-order valence-corrected chi connectivity index (χ0v) is 15.4. The highest BCUT2D eigenvalue weighted by Gasteiger charge is 2.16. The van der Waals surface area contributed by atoms with Gasteiger partial charge in [-0.05, 0) is 31.2 Å². The van der Waals surface area contributed by atoms with Crippen molar-refractivity contribution in [3.8, 4) is 0 Å². The molecule has 0 saturated carbocycles. The van der Waals surface area contributed by atoms with Gasteiger partial charge in [-0.15, -0.1) is 0 Å². The number of carbonyl (C=O) groups excluding carboxylic acids is 1. The summed E-state index contributed by atoms with van der Waals surface area (Å²) in [5.74, 6) is -0.163. The van der Waals surface area contributed by atoms with Gasteiger partial charge in [0.2, 0.25) is 5.62 Å². The summed E-state index contributed by atoms with van der Waals surface area (Å²) >= 11 is 12.0. The number of rotatable bonds is 4. The number of hydrogen-bond acceptors (Lipinski definition) is 2. The van der Waals surface area contributed by atoms with Gasteiger partial charge in [-0.25, -0.2) is 0 Å². The predicted molar refractivity (Wildman–Crippen MR) is 102 cm³/mol. The van der Waals surface area contributed by atoms with Crippen LogP contribution in [0.2, 0.25) is 10.0 Å². The van der Waals surface area contributed by atoms with Crippen LogP contribution in [0.1, 0.15) is 22.8 Å². The number of benzene rings is 2. The van der Waals surface area contributed by atoms with Gasteiger partial charge in [0.1, 0.15) is 0 Å². The van der Waals surface area contributed by atoms with Crippen molar-refractivity contribution in [3.05, 3.63) is 69.3 Å². The second kappa shape index (κ2) is 6.90. The monoisotopic (exact) mass is 373 g/mol. The van der Waals surface area contributed by atoms with E-state index in [4.69, 9.17) is 28.6 Å². The van der Waals surface area contributed by atoms with E-state index >= 15 is 0 Å². The highest BCUT2D eigenvalue weighted by molar-refractivity contribution is 6.36. The summed E-state index contributed by atoms with van der Waals surface area (Å²) in [6, 6.07) is 10.6. The third-order valence-electron chi connectivity index (χ3n) is 4.12. The van der Waals surface area contributed by atoms with Crippen molar-refractivity contribution in [1.29, 1.82) is 5.41 Å². The number of carbonyl (C=O) groups is 1. The average Bonchev–Trinajstić information content (AvgIpc) is 2.81. The molecule has 0 atom stereocenters. The first-order valence-electron chi connectivity index (χ1n) is 7.77. The molecule has 2 aromatic carbocycles. The molecule has 0 radical (unpaired) electrons. The molecule has 0 bridgehead atoms. The molecule has 1 heterocycles. The van der Waals surface area contributed by atoms with E-state index in [1.165, 1.54) is 0 Å². The lowest BCUT2D eigenvalue weighted by molar-refractivity contribution is 0.0971. The highest BCUT2D eigenvalue weighted by Crippen LogP contribution is 2.23. The van der Waals surface area contributed by atoms with Crippen molar-refractivity contribution in [3.63, 3.8) is 0 Å². The molecule has 128 valence electrons. The van der Waals surface area contributed by atoms with Crippen molar-refractivity contribution < 1.29 is 4.79 Å². The van der Waals surface area contributed by atoms with Crippen LogP contribution < -0.4 is 5.62 Å². The van der Waals surface area contributed by atoms with E-state index in [1.807, 2.05) is 44.3 Å². The number of para-hydroxylation sites is 1. The number of imidazole rings is 1. The standard InChI is InChI=1S/C19H17Cl2N3O/c1-3-5-12-6-4-7-16-18(12)23(2)19(22)24(16)11-17(25)14-9-8-13(20)10-15(14)21/h3-10,22H,11H2,1-2H3/b5-3+,22-19?. The third kappa shape index (κ3) is 3.15. The van der Waals surface area contributed by atoms with Crippen molar-refractivity contribution >= 4 is 46.1 Å². The van der Waals surface area contributed by atoms with Gasteiger partial charge >= 0.3 is 0 Å². The molecule has 0 unspecified atom stereocenters. The summed E-state index contributed by atoms with van der Waals surface area (Å²) < 4.78 is 3.47. The number of aryl methyl sites for hydroxylation is 1. The summed E-state index contributed by atoms with van der Waals surface area (Å²) in [4.78, 5) is 12.7. The first-order chi connectivity index (χ1) is 11.9. The van der Waals surface area contributed by atoms with Gasteiger partial charge in [0.15, 0.2) is 5.78 Å². The van der Waals surface area contributed by atoms with E-state index in [0.29, 0.717) is 15.6 Å². The average molecular weight is 374 g/mol. The molecule has 0 amide bonds. The first kappa shape index (κ1) is 17.5. The molecule has 0 fully saturated rings. The number of halogens is 2. The minimum absolute atomic E-state index is 0.0385.